The van der Waals surface area contributed by atoms with Crippen molar-refractivity contribution in [1.82, 2.24) is 15.0 Å². The van der Waals surface area contributed by atoms with E-state index < -0.39 is 30.6 Å². The third-order valence-corrected chi connectivity index (χ3v) is 0.979. The fraction of sp³-hybridized carbons (Fsp3) is 0.200. The molecule has 2 N–H and O–H groups in total. The summed E-state index contributed by atoms with van der Waals surface area (Å²) in [4.78, 5) is 18.6. The molecule has 8 heteroatoms. The normalized spacial score (nSPS) is 9.69. The number of carbonyl (C=O) groups is 1. The van der Waals surface area contributed by atoms with Crippen LogP contribution < -0.4 is 5.32 Å². The predicted molar refractivity (Wildman–Crippen MR) is 35.9 cm³/mol. The van der Waals surface area contributed by atoms with Crippen molar-refractivity contribution >= 4 is 11.9 Å². The number of nitrogens with one attached hydrogen (secondary N) is 1. The van der Waals surface area contributed by atoms with Crippen LogP contribution in [0.1, 0.15) is 0 Å². The molecule has 1 rings (SSSR count). The summed E-state index contributed by atoms with van der Waals surface area (Å²) in [5, 5.41) is 10.3. The Balaban J connectivity index is 2.71. The van der Waals surface area contributed by atoms with Crippen LogP contribution in [0.5, 0.6) is 0 Å². The van der Waals surface area contributed by atoms with E-state index >= 15 is 0 Å². The van der Waals surface area contributed by atoms with Gasteiger partial charge in [-0.2, -0.15) is 23.7 Å². The summed E-state index contributed by atoms with van der Waals surface area (Å²) >= 11 is 0. The van der Waals surface area contributed by atoms with Gasteiger partial charge in [0.1, 0.15) is 6.54 Å². The van der Waals surface area contributed by atoms with Crippen molar-refractivity contribution in [3.8, 4) is 0 Å². The average Bonchev–Trinajstić information content (AvgIpc) is 1.99. The molecule has 0 atom stereocenters. The van der Waals surface area contributed by atoms with Crippen molar-refractivity contribution in [1.29, 1.82) is 0 Å². The zero-order chi connectivity index (χ0) is 9.84. The van der Waals surface area contributed by atoms with Crippen molar-refractivity contribution in [3.63, 3.8) is 0 Å². The quantitative estimate of drug-likeness (QED) is 0.677. The number of halogens is 2. The van der Waals surface area contributed by atoms with Gasteiger partial charge in [0.05, 0.1) is 0 Å². The SMILES string of the molecule is O=C(O)CNc1nc(F)nc(F)n1. The molecule has 0 fully saturated rings. The number of aromatic nitrogens is 3. The van der Waals surface area contributed by atoms with Gasteiger partial charge in [-0.05, 0) is 0 Å². The van der Waals surface area contributed by atoms with Crippen LogP contribution in [-0.4, -0.2) is 32.6 Å². The number of anilines is 1. The summed E-state index contributed by atoms with van der Waals surface area (Å²) in [5.41, 5.74) is 0. The Morgan fingerprint density at radius 1 is 1.31 bits per heavy atom. The van der Waals surface area contributed by atoms with E-state index in [1.54, 1.807) is 0 Å². The number of hydrogen-bond donors (Lipinski definition) is 2. The second-order valence-electron chi connectivity index (χ2n) is 1.94. The van der Waals surface area contributed by atoms with E-state index in [1.807, 2.05) is 0 Å². The molecule has 0 bridgehead atoms. The van der Waals surface area contributed by atoms with Crippen LogP contribution in [0.2, 0.25) is 0 Å². The number of aliphatic carboxylic acids is 1. The first-order chi connectivity index (χ1) is 6.08. The molecule has 0 aliphatic heterocycles. The van der Waals surface area contributed by atoms with Gasteiger partial charge in [0.2, 0.25) is 5.95 Å². The summed E-state index contributed by atoms with van der Waals surface area (Å²) in [5.74, 6) is -1.64. The Labute approximate surface area is 70.7 Å². The second-order valence-corrected chi connectivity index (χ2v) is 1.94. The van der Waals surface area contributed by atoms with E-state index in [0.29, 0.717) is 0 Å². The Bertz CT molecular complexity index is 312. The molecule has 1 aromatic heterocycles. The molecule has 0 spiro atoms. The zero-order valence-corrected chi connectivity index (χ0v) is 6.16. The van der Waals surface area contributed by atoms with Crippen molar-refractivity contribution in [2.24, 2.45) is 0 Å². The van der Waals surface area contributed by atoms with Crippen molar-refractivity contribution in [2.75, 3.05) is 11.9 Å². The van der Waals surface area contributed by atoms with Gasteiger partial charge >= 0.3 is 18.1 Å². The molecule has 0 saturated heterocycles. The fourth-order valence-corrected chi connectivity index (χ4v) is 0.560. The lowest BCUT2D eigenvalue weighted by atomic mass is 10.6. The first kappa shape index (κ1) is 9.23. The highest BCUT2D eigenvalue weighted by Gasteiger charge is 2.05. The van der Waals surface area contributed by atoms with Crippen LogP contribution in [0, 0.1) is 12.2 Å². The second kappa shape index (κ2) is 3.70. The van der Waals surface area contributed by atoms with Crippen molar-refractivity contribution < 1.29 is 18.7 Å². The Hall–Kier alpha value is -1.86. The smallest absolute Gasteiger partial charge is 0.322 e. The van der Waals surface area contributed by atoms with Gasteiger partial charge in [-0.25, -0.2) is 0 Å². The van der Waals surface area contributed by atoms with Crippen LogP contribution in [0.25, 0.3) is 0 Å². The molecule has 0 unspecified atom stereocenters. The monoisotopic (exact) mass is 190 g/mol. The fourth-order valence-electron chi connectivity index (χ4n) is 0.560. The van der Waals surface area contributed by atoms with Gasteiger partial charge in [-0.3, -0.25) is 4.79 Å². The molecule has 0 aliphatic carbocycles. The molecule has 70 valence electrons. The van der Waals surface area contributed by atoms with E-state index in [9.17, 15) is 13.6 Å². The van der Waals surface area contributed by atoms with Gasteiger partial charge in [0, 0.05) is 0 Å². The summed E-state index contributed by atoms with van der Waals surface area (Å²) in [6.45, 7) is -0.525. The number of hydrogen-bond acceptors (Lipinski definition) is 5. The third kappa shape index (κ3) is 2.93. The molecule has 0 aromatic carbocycles. The highest BCUT2D eigenvalue weighted by Crippen LogP contribution is 1.97. The molecule has 0 saturated carbocycles. The molecule has 6 nitrogen and oxygen atoms in total. The molecular formula is C5H4F2N4O2. The first-order valence-corrected chi connectivity index (χ1v) is 3.10. The standard InChI is InChI=1S/C5H4F2N4O2/c6-3-9-4(7)11-5(10-3)8-1-2(12)13/h1H2,(H,12,13)(H,8,9,10,11). The minimum Gasteiger partial charge on any atom is -0.480 e. The van der Waals surface area contributed by atoms with Gasteiger partial charge in [0.25, 0.3) is 0 Å². The molecule has 0 radical (unpaired) electrons. The lowest BCUT2D eigenvalue weighted by Gasteiger charge is -1.99. The van der Waals surface area contributed by atoms with Gasteiger partial charge < -0.3 is 10.4 Å². The van der Waals surface area contributed by atoms with Crippen LogP contribution in [0.4, 0.5) is 14.7 Å². The lowest BCUT2D eigenvalue weighted by Crippen LogP contribution is -2.15. The van der Waals surface area contributed by atoms with Crippen LogP contribution in [0.15, 0.2) is 0 Å². The number of nitrogens with zero attached hydrogens (tertiary/aromatic N) is 3. The Morgan fingerprint density at radius 2 is 1.85 bits per heavy atom. The minimum absolute atomic E-state index is 0.451. The van der Waals surface area contributed by atoms with Gasteiger partial charge in [0.15, 0.2) is 0 Å². The van der Waals surface area contributed by atoms with Gasteiger partial charge in [-0.15, -0.1) is 0 Å². The largest absolute Gasteiger partial charge is 0.480 e. The Kier molecular flexibility index (Phi) is 2.62. The van der Waals surface area contributed by atoms with Crippen molar-refractivity contribution in [2.45, 2.75) is 0 Å². The van der Waals surface area contributed by atoms with E-state index in [1.165, 1.54) is 0 Å². The maximum atomic E-state index is 12.3. The van der Waals surface area contributed by atoms with Crippen molar-refractivity contribution in [3.05, 3.63) is 12.2 Å². The van der Waals surface area contributed by atoms with Crippen LogP contribution >= 0.6 is 0 Å². The zero-order valence-electron chi connectivity index (χ0n) is 6.16. The first-order valence-electron chi connectivity index (χ1n) is 3.10. The highest BCUT2D eigenvalue weighted by molar-refractivity contribution is 5.71. The molecule has 0 amide bonds. The van der Waals surface area contributed by atoms with E-state index in [-0.39, 0.29) is 0 Å². The minimum atomic E-state index is -1.31. The average molecular weight is 190 g/mol. The molecule has 0 aliphatic rings. The molecule has 1 heterocycles. The predicted octanol–water partition coefficient (Wildman–Crippen LogP) is -0.354. The molecule has 1 aromatic rings. The molecular weight excluding hydrogens is 186 g/mol. The van der Waals surface area contributed by atoms with Crippen LogP contribution in [0.3, 0.4) is 0 Å². The maximum Gasteiger partial charge on any atom is 0.322 e. The lowest BCUT2D eigenvalue weighted by molar-refractivity contribution is -0.134. The van der Waals surface area contributed by atoms with E-state index in [0.717, 1.165) is 0 Å². The summed E-state index contributed by atoms with van der Waals surface area (Å²) < 4.78 is 24.5. The summed E-state index contributed by atoms with van der Waals surface area (Å²) in [6.07, 6.45) is -2.61. The van der Waals surface area contributed by atoms with Crippen LogP contribution in [-0.2, 0) is 4.79 Å². The summed E-state index contributed by atoms with van der Waals surface area (Å²) in [6, 6.07) is 0. The topological polar surface area (TPSA) is 88.0 Å². The highest BCUT2D eigenvalue weighted by atomic mass is 19.1. The Morgan fingerprint density at radius 3 is 2.31 bits per heavy atom. The maximum absolute atomic E-state index is 12.3. The van der Waals surface area contributed by atoms with E-state index in [4.69, 9.17) is 5.11 Å². The molecule has 13 heavy (non-hydrogen) atoms. The van der Waals surface area contributed by atoms with Gasteiger partial charge in [-0.1, -0.05) is 0 Å². The number of rotatable bonds is 3. The summed E-state index contributed by atoms with van der Waals surface area (Å²) in [7, 11) is 0. The van der Waals surface area contributed by atoms with E-state index in [2.05, 4.69) is 20.3 Å². The third-order valence-electron chi connectivity index (χ3n) is 0.979. The number of carboxylic acids is 1. The number of carboxylic acid groups (broad SMARTS) is 1.